The molecular formula is C13H19BrN2S. The molecule has 0 radical (unpaired) electrons. The second-order valence-corrected chi connectivity index (χ2v) is 6.73. The van der Waals surface area contributed by atoms with Crippen molar-refractivity contribution in [2.75, 3.05) is 25.1 Å². The van der Waals surface area contributed by atoms with E-state index < -0.39 is 0 Å². The van der Waals surface area contributed by atoms with E-state index in [9.17, 15) is 0 Å². The molecule has 1 saturated heterocycles. The van der Waals surface area contributed by atoms with E-state index in [2.05, 4.69) is 52.1 Å². The Morgan fingerprint density at radius 3 is 2.65 bits per heavy atom. The van der Waals surface area contributed by atoms with Crippen LogP contribution in [0, 0.1) is 0 Å². The molecule has 2 rings (SSSR count). The van der Waals surface area contributed by atoms with Gasteiger partial charge in [-0.15, -0.1) is 0 Å². The van der Waals surface area contributed by atoms with E-state index in [1.54, 1.807) is 0 Å². The van der Waals surface area contributed by atoms with Gasteiger partial charge in [0.25, 0.3) is 0 Å². The van der Waals surface area contributed by atoms with Crippen LogP contribution in [0.2, 0.25) is 0 Å². The molecule has 0 amide bonds. The first kappa shape index (κ1) is 13.4. The number of benzene rings is 1. The van der Waals surface area contributed by atoms with Gasteiger partial charge in [-0.05, 0) is 36.9 Å². The van der Waals surface area contributed by atoms with Crippen LogP contribution in [-0.2, 0) is 6.54 Å². The third-order valence-corrected chi connectivity index (χ3v) is 5.37. The quantitative estimate of drug-likeness (QED) is 0.926. The molecule has 1 aliphatic heterocycles. The number of rotatable bonds is 4. The number of thioether (sulfide) groups is 1. The van der Waals surface area contributed by atoms with Gasteiger partial charge >= 0.3 is 0 Å². The van der Waals surface area contributed by atoms with Crippen molar-refractivity contribution in [2.24, 2.45) is 5.73 Å². The first-order chi connectivity index (χ1) is 8.16. The fraction of sp³-hybridized carbons (Fsp3) is 0.538. The van der Waals surface area contributed by atoms with Crippen LogP contribution in [0.3, 0.4) is 0 Å². The predicted molar refractivity (Wildman–Crippen MR) is 79.3 cm³/mol. The zero-order chi connectivity index (χ0) is 12.3. The van der Waals surface area contributed by atoms with Gasteiger partial charge in [0.15, 0.2) is 0 Å². The summed E-state index contributed by atoms with van der Waals surface area (Å²) in [6.07, 6.45) is 1.21. The summed E-state index contributed by atoms with van der Waals surface area (Å²) >= 11 is 5.48. The molecule has 1 aliphatic rings. The molecule has 17 heavy (non-hydrogen) atoms. The van der Waals surface area contributed by atoms with Gasteiger partial charge in [0.05, 0.1) is 0 Å². The summed E-state index contributed by atoms with van der Waals surface area (Å²) in [5.41, 5.74) is 7.54. The van der Waals surface area contributed by atoms with Crippen LogP contribution < -0.4 is 5.73 Å². The third-order valence-electron chi connectivity index (χ3n) is 3.61. The van der Waals surface area contributed by atoms with Crippen molar-refractivity contribution in [3.63, 3.8) is 0 Å². The van der Waals surface area contributed by atoms with Crippen LogP contribution in [0.25, 0.3) is 0 Å². The summed E-state index contributed by atoms with van der Waals surface area (Å²) in [6.45, 7) is 1.73. The molecule has 1 atom stereocenters. The summed E-state index contributed by atoms with van der Waals surface area (Å²) in [6, 6.07) is 8.54. The minimum atomic E-state index is 0.206. The molecule has 1 aromatic carbocycles. The largest absolute Gasteiger partial charge is 0.329 e. The SMILES string of the molecule is CN(Cc1ccc(Br)cc1)C1(CN)CCSC1. The Morgan fingerprint density at radius 1 is 1.41 bits per heavy atom. The third kappa shape index (κ3) is 3.05. The van der Waals surface area contributed by atoms with Gasteiger partial charge in [-0.25, -0.2) is 0 Å². The van der Waals surface area contributed by atoms with Crippen molar-refractivity contribution < 1.29 is 0 Å². The molecular weight excluding hydrogens is 296 g/mol. The molecule has 0 aromatic heterocycles. The molecule has 2 nitrogen and oxygen atoms in total. The normalized spacial score (nSPS) is 24.5. The molecule has 1 fully saturated rings. The fourth-order valence-electron chi connectivity index (χ4n) is 2.25. The first-order valence-electron chi connectivity index (χ1n) is 5.90. The summed E-state index contributed by atoms with van der Waals surface area (Å²) in [5, 5.41) is 0. The number of hydrogen-bond acceptors (Lipinski definition) is 3. The van der Waals surface area contributed by atoms with Gasteiger partial charge < -0.3 is 5.73 Å². The summed E-state index contributed by atoms with van der Waals surface area (Å²) in [7, 11) is 2.20. The van der Waals surface area contributed by atoms with Crippen LogP contribution >= 0.6 is 27.7 Å². The maximum atomic E-state index is 5.98. The maximum absolute atomic E-state index is 5.98. The van der Waals surface area contributed by atoms with E-state index >= 15 is 0 Å². The van der Waals surface area contributed by atoms with E-state index in [4.69, 9.17) is 5.73 Å². The van der Waals surface area contributed by atoms with E-state index in [0.717, 1.165) is 23.3 Å². The number of likely N-dealkylation sites (N-methyl/N-ethyl adjacent to an activating group) is 1. The highest BCUT2D eigenvalue weighted by Gasteiger charge is 2.36. The van der Waals surface area contributed by atoms with Crippen molar-refractivity contribution in [1.29, 1.82) is 0 Å². The fourth-order valence-corrected chi connectivity index (χ4v) is 4.04. The van der Waals surface area contributed by atoms with Gasteiger partial charge in [-0.2, -0.15) is 11.8 Å². The van der Waals surface area contributed by atoms with Gasteiger partial charge in [-0.1, -0.05) is 28.1 Å². The van der Waals surface area contributed by atoms with Gasteiger partial charge in [0, 0.05) is 28.9 Å². The van der Waals surface area contributed by atoms with Crippen LogP contribution in [-0.4, -0.2) is 35.5 Å². The van der Waals surface area contributed by atoms with E-state index in [0.29, 0.717) is 0 Å². The zero-order valence-electron chi connectivity index (χ0n) is 10.2. The molecule has 4 heteroatoms. The average molecular weight is 315 g/mol. The van der Waals surface area contributed by atoms with Gasteiger partial charge in [0.2, 0.25) is 0 Å². The van der Waals surface area contributed by atoms with Crippen molar-refractivity contribution >= 4 is 27.7 Å². The number of hydrogen-bond donors (Lipinski definition) is 1. The molecule has 1 heterocycles. The Morgan fingerprint density at radius 2 is 2.12 bits per heavy atom. The Labute approximate surface area is 116 Å². The standard InChI is InChI=1S/C13H19BrN2S/c1-16(13(9-15)6-7-17-10-13)8-11-2-4-12(14)5-3-11/h2-5H,6-10,15H2,1H3. The topological polar surface area (TPSA) is 29.3 Å². The lowest BCUT2D eigenvalue weighted by atomic mass is 9.96. The van der Waals surface area contributed by atoms with E-state index in [1.165, 1.54) is 17.7 Å². The zero-order valence-corrected chi connectivity index (χ0v) is 12.6. The molecule has 1 unspecified atom stereocenters. The first-order valence-corrected chi connectivity index (χ1v) is 7.84. The summed E-state index contributed by atoms with van der Waals surface area (Å²) in [4.78, 5) is 2.43. The van der Waals surface area contributed by atoms with Crippen LogP contribution in [0.5, 0.6) is 0 Å². The predicted octanol–water partition coefficient (Wildman–Crippen LogP) is 2.72. The maximum Gasteiger partial charge on any atom is 0.0430 e. The number of nitrogens with zero attached hydrogens (tertiary/aromatic N) is 1. The molecule has 0 aliphatic carbocycles. The second-order valence-electron chi connectivity index (χ2n) is 4.71. The van der Waals surface area contributed by atoms with Crippen molar-refractivity contribution in [2.45, 2.75) is 18.5 Å². The summed E-state index contributed by atoms with van der Waals surface area (Å²) < 4.78 is 1.13. The Balaban J connectivity index is 2.05. The van der Waals surface area contributed by atoms with Gasteiger partial charge in [0.1, 0.15) is 0 Å². The number of halogens is 1. The lowest BCUT2D eigenvalue weighted by Crippen LogP contribution is -2.51. The van der Waals surface area contributed by atoms with Crippen molar-refractivity contribution in [1.82, 2.24) is 4.90 Å². The summed E-state index contributed by atoms with van der Waals surface area (Å²) in [5.74, 6) is 2.40. The van der Waals surface area contributed by atoms with Gasteiger partial charge in [-0.3, -0.25) is 4.90 Å². The van der Waals surface area contributed by atoms with Crippen LogP contribution in [0.15, 0.2) is 28.7 Å². The molecule has 2 N–H and O–H groups in total. The monoisotopic (exact) mass is 314 g/mol. The minimum Gasteiger partial charge on any atom is -0.329 e. The second kappa shape index (κ2) is 5.74. The van der Waals surface area contributed by atoms with Crippen LogP contribution in [0.1, 0.15) is 12.0 Å². The molecule has 0 bridgehead atoms. The minimum absolute atomic E-state index is 0.206. The molecule has 0 spiro atoms. The number of nitrogens with two attached hydrogens (primary N) is 1. The van der Waals surface area contributed by atoms with Crippen molar-refractivity contribution in [3.05, 3.63) is 34.3 Å². The lowest BCUT2D eigenvalue weighted by molar-refractivity contribution is 0.143. The molecule has 94 valence electrons. The van der Waals surface area contributed by atoms with Crippen LogP contribution in [0.4, 0.5) is 0 Å². The van der Waals surface area contributed by atoms with Crippen molar-refractivity contribution in [3.8, 4) is 0 Å². The highest BCUT2D eigenvalue weighted by atomic mass is 79.9. The average Bonchev–Trinajstić information content (AvgIpc) is 2.82. The highest BCUT2D eigenvalue weighted by Crippen LogP contribution is 2.32. The smallest absolute Gasteiger partial charge is 0.0430 e. The highest BCUT2D eigenvalue weighted by molar-refractivity contribution is 9.10. The Bertz CT molecular complexity index is 360. The molecule has 1 aromatic rings. The molecule has 0 saturated carbocycles. The lowest BCUT2D eigenvalue weighted by Gasteiger charge is -2.37. The van der Waals surface area contributed by atoms with E-state index in [1.807, 2.05) is 11.8 Å². The Kier molecular flexibility index (Phi) is 4.53. The van der Waals surface area contributed by atoms with E-state index in [-0.39, 0.29) is 5.54 Å². The Hall–Kier alpha value is -0.0300.